The van der Waals surface area contributed by atoms with Gasteiger partial charge in [0.05, 0.1) is 18.2 Å². The maximum absolute atomic E-state index is 12.8. The molecule has 0 bridgehead atoms. The quantitative estimate of drug-likeness (QED) is 0.789. The van der Waals surface area contributed by atoms with E-state index in [4.69, 9.17) is 4.74 Å². The largest absolute Gasteiger partial charge is 0.507 e. The van der Waals surface area contributed by atoms with Gasteiger partial charge in [0, 0.05) is 28.3 Å². The third kappa shape index (κ3) is 2.52. The number of phenolic OH excluding ortho intramolecular Hbond substituents is 2. The van der Waals surface area contributed by atoms with E-state index in [1.165, 1.54) is 19.2 Å². The number of benzene rings is 2. The minimum Gasteiger partial charge on any atom is -0.507 e. The summed E-state index contributed by atoms with van der Waals surface area (Å²) >= 11 is 0. The monoisotopic (exact) mass is 404 g/mol. The van der Waals surface area contributed by atoms with Gasteiger partial charge >= 0.3 is 0 Å². The number of methoxy groups -OCH3 is 1. The first-order chi connectivity index (χ1) is 14.2. The molecule has 0 amide bonds. The molecule has 0 saturated carbocycles. The first kappa shape index (κ1) is 19.3. The van der Waals surface area contributed by atoms with Crippen LogP contribution in [0.25, 0.3) is 11.1 Å². The lowest BCUT2D eigenvalue weighted by Gasteiger charge is -2.23. The van der Waals surface area contributed by atoms with E-state index >= 15 is 0 Å². The van der Waals surface area contributed by atoms with Crippen molar-refractivity contribution in [3.05, 3.63) is 69.5 Å². The molecule has 0 aromatic heterocycles. The van der Waals surface area contributed by atoms with Crippen LogP contribution in [0.1, 0.15) is 52.6 Å². The van der Waals surface area contributed by atoms with Gasteiger partial charge in [0.25, 0.3) is 0 Å². The zero-order valence-electron chi connectivity index (χ0n) is 16.3. The molecule has 7 nitrogen and oxygen atoms in total. The Kier molecular flexibility index (Phi) is 4.20. The molecule has 0 fully saturated rings. The van der Waals surface area contributed by atoms with Crippen LogP contribution in [0.4, 0.5) is 0 Å². The Labute approximate surface area is 170 Å². The molecule has 0 aliphatic heterocycles. The Morgan fingerprint density at radius 3 is 1.97 bits per heavy atom. The molecule has 0 spiro atoms. The number of aryl methyl sites for hydroxylation is 2. The zero-order valence-corrected chi connectivity index (χ0v) is 16.3. The number of carbonyl (C=O) groups excluding carboxylic acids is 4. The highest BCUT2D eigenvalue weighted by Gasteiger charge is 2.35. The molecule has 0 atom stereocenters. The second-order valence-corrected chi connectivity index (χ2v) is 7.15. The molecular formula is C23H16O7. The average Bonchev–Trinajstić information content (AvgIpc) is 2.68. The SMILES string of the molecule is COC1=CC(=O)c2cc(C)c(-c3c(C)cc(O)c4c3C(=O)C=CC4=O)c(O)c2C1=O. The average molecular weight is 404 g/mol. The van der Waals surface area contributed by atoms with Crippen molar-refractivity contribution in [3.8, 4) is 22.6 Å². The number of phenols is 2. The van der Waals surface area contributed by atoms with Crippen molar-refractivity contribution in [1.29, 1.82) is 0 Å². The Morgan fingerprint density at radius 2 is 1.33 bits per heavy atom. The van der Waals surface area contributed by atoms with Gasteiger partial charge in [-0.2, -0.15) is 0 Å². The Bertz CT molecular complexity index is 1280. The van der Waals surface area contributed by atoms with Gasteiger partial charge in [-0.25, -0.2) is 0 Å². The van der Waals surface area contributed by atoms with E-state index in [2.05, 4.69) is 0 Å². The maximum Gasteiger partial charge on any atom is 0.232 e. The van der Waals surface area contributed by atoms with Crippen molar-refractivity contribution in [2.75, 3.05) is 7.11 Å². The summed E-state index contributed by atoms with van der Waals surface area (Å²) in [6, 6.07) is 2.78. The van der Waals surface area contributed by atoms with E-state index < -0.39 is 28.9 Å². The van der Waals surface area contributed by atoms with E-state index in [1.54, 1.807) is 13.8 Å². The van der Waals surface area contributed by atoms with Gasteiger partial charge in [-0.15, -0.1) is 0 Å². The number of fused-ring (bicyclic) bond motifs is 2. The number of carbonyl (C=O) groups is 4. The number of ketones is 4. The van der Waals surface area contributed by atoms with E-state index in [9.17, 15) is 29.4 Å². The van der Waals surface area contributed by atoms with E-state index in [0.717, 1.165) is 18.2 Å². The number of rotatable bonds is 2. The second-order valence-electron chi connectivity index (χ2n) is 7.15. The van der Waals surface area contributed by atoms with Crippen LogP contribution < -0.4 is 0 Å². The van der Waals surface area contributed by atoms with Crippen LogP contribution in [0.15, 0.2) is 36.1 Å². The van der Waals surface area contributed by atoms with Gasteiger partial charge in [-0.05, 0) is 49.3 Å². The summed E-state index contributed by atoms with van der Waals surface area (Å²) in [6.45, 7) is 3.23. The van der Waals surface area contributed by atoms with E-state index in [0.29, 0.717) is 11.1 Å². The van der Waals surface area contributed by atoms with Crippen LogP contribution in [0, 0.1) is 13.8 Å². The summed E-state index contributed by atoms with van der Waals surface area (Å²) in [7, 11) is 1.24. The predicted octanol–water partition coefficient (Wildman–Crippen LogP) is 3.23. The number of hydrogen-bond acceptors (Lipinski definition) is 7. The molecule has 0 unspecified atom stereocenters. The number of ether oxygens (including phenoxy) is 1. The molecule has 150 valence electrons. The van der Waals surface area contributed by atoms with Crippen LogP contribution in [-0.2, 0) is 4.74 Å². The van der Waals surface area contributed by atoms with Gasteiger partial charge < -0.3 is 14.9 Å². The van der Waals surface area contributed by atoms with Crippen LogP contribution in [-0.4, -0.2) is 40.5 Å². The molecule has 2 aliphatic carbocycles. The lowest BCUT2D eigenvalue weighted by molar-refractivity contribution is 0.0913. The van der Waals surface area contributed by atoms with Gasteiger partial charge in [-0.1, -0.05) is 0 Å². The van der Waals surface area contributed by atoms with Crippen molar-refractivity contribution in [3.63, 3.8) is 0 Å². The summed E-state index contributed by atoms with van der Waals surface area (Å²) in [5, 5.41) is 21.4. The van der Waals surface area contributed by atoms with Crippen molar-refractivity contribution in [2.45, 2.75) is 13.8 Å². The molecule has 0 radical (unpaired) electrons. The third-order valence-corrected chi connectivity index (χ3v) is 5.33. The maximum atomic E-state index is 12.8. The lowest BCUT2D eigenvalue weighted by Crippen LogP contribution is -2.19. The summed E-state index contributed by atoms with van der Waals surface area (Å²) in [5.74, 6) is -3.28. The molecule has 4 rings (SSSR count). The van der Waals surface area contributed by atoms with E-state index in [1.807, 2.05) is 0 Å². The standard InChI is InChI=1S/C23H16O7/c1-9-6-11-14(26)8-16(30-3)22(28)19(11)23(29)18(9)17-10(2)7-15(27)20-12(24)4-5-13(25)21(17)20/h4-8,27,29H,1-3H3. The number of Topliss-reactive ketones (excluding diaryl/α,β-unsaturated/α-hetero) is 1. The molecule has 2 aromatic carbocycles. The van der Waals surface area contributed by atoms with Crippen LogP contribution in [0.3, 0.4) is 0 Å². The summed E-state index contributed by atoms with van der Waals surface area (Å²) in [5.41, 5.74) is 0.758. The Hall–Kier alpha value is -4.00. The fraction of sp³-hybridized carbons (Fsp3) is 0.130. The topological polar surface area (TPSA) is 118 Å². The highest BCUT2D eigenvalue weighted by molar-refractivity contribution is 6.28. The zero-order chi connectivity index (χ0) is 21.9. The molecule has 2 aliphatic rings. The van der Waals surface area contributed by atoms with Crippen LogP contribution in [0.5, 0.6) is 11.5 Å². The Balaban J connectivity index is 2.11. The summed E-state index contributed by atoms with van der Waals surface area (Å²) in [4.78, 5) is 50.2. The highest BCUT2D eigenvalue weighted by Crippen LogP contribution is 2.45. The van der Waals surface area contributed by atoms with Gasteiger partial charge in [0.1, 0.15) is 11.5 Å². The minimum absolute atomic E-state index is 0.0205. The minimum atomic E-state index is -0.668. The van der Waals surface area contributed by atoms with Gasteiger partial charge in [0.15, 0.2) is 23.1 Å². The molecule has 0 saturated heterocycles. The van der Waals surface area contributed by atoms with E-state index in [-0.39, 0.29) is 44.9 Å². The fourth-order valence-electron chi connectivity index (χ4n) is 4.01. The first-order valence-electron chi connectivity index (χ1n) is 9.02. The second kappa shape index (κ2) is 6.52. The van der Waals surface area contributed by atoms with Crippen LogP contribution >= 0.6 is 0 Å². The molecular weight excluding hydrogens is 388 g/mol. The summed E-state index contributed by atoms with van der Waals surface area (Å²) < 4.78 is 4.96. The summed E-state index contributed by atoms with van der Waals surface area (Å²) in [6.07, 6.45) is 3.23. The smallest absolute Gasteiger partial charge is 0.232 e. The van der Waals surface area contributed by atoms with Gasteiger partial charge in [-0.3, -0.25) is 19.2 Å². The fourth-order valence-corrected chi connectivity index (χ4v) is 4.01. The van der Waals surface area contributed by atoms with Crippen molar-refractivity contribution >= 4 is 23.1 Å². The lowest BCUT2D eigenvalue weighted by atomic mass is 9.80. The van der Waals surface area contributed by atoms with Gasteiger partial charge in [0.2, 0.25) is 5.78 Å². The first-order valence-corrected chi connectivity index (χ1v) is 9.02. The third-order valence-electron chi connectivity index (χ3n) is 5.33. The number of aromatic hydroxyl groups is 2. The predicted molar refractivity (Wildman–Crippen MR) is 106 cm³/mol. The number of hydrogen-bond donors (Lipinski definition) is 2. The highest BCUT2D eigenvalue weighted by atomic mass is 16.5. The molecule has 2 N–H and O–H groups in total. The number of allylic oxidation sites excluding steroid dienone is 4. The molecule has 7 heteroatoms. The molecule has 2 aromatic rings. The van der Waals surface area contributed by atoms with Crippen molar-refractivity contribution < 1.29 is 34.1 Å². The van der Waals surface area contributed by atoms with Crippen LogP contribution in [0.2, 0.25) is 0 Å². The molecule has 30 heavy (non-hydrogen) atoms. The normalized spacial score (nSPS) is 15.1. The van der Waals surface area contributed by atoms with Crippen molar-refractivity contribution in [2.24, 2.45) is 0 Å². The Morgan fingerprint density at radius 1 is 0.733 bits per heavy atom. The van der Waals surface area contributed by atoms with Crippen molar-refractivity contribution in [1.82, 2.24) is 0 Å². The molecule has 0 heterocycles.